The van der Waals surface area contributed by atoms with E-state index in [4.69, 9.17) is 17.0 Å². The Hall–Kier alpha value is 0.0331. The van der Waals surface area contributed by atoms with E-state index in [1.165, 1.54) is 0 Å². The Morgan fingerprint density at radius 3 is 1.00 bits per heavy atom. The molecule has 0 bridgehead atoms. The number of hydrogen-bond donors (Lipinski definition) is 0. The summed E-state index contributed by atoms with van der Waals surface area (Å²) in [5.41, 5.74) is 0. The fraction of sp³-hybridized carbons (Fsp3) is 0. The van der Waals surface area contributed by atoms with Crippen molar-refractivity contribution in [1.82, 2.24) is 0 Å². The first kappa shape index (κ1) is 21.3. The van der Waals surface area contributed by atoms with Crippen LogP contribution in [0.4, 0.5) is 0 Å². The van der Waals surface area contributed by atoms with Crippen molar-refractivity contribution in [2.45, 2.75) is 0 Å². The Kier molecular flexibility index (Phi) is 23.2. The van der Waals surface area contributed by atoms with Gasteiger partial charge in [0.05, 0.1) is 0 Å². The quantitative estimate of drug-likeness (QED) is 0.590. The predicted molar refractivity (Wildman–Crippen MR) is 75.7 cm³/mol. The smallest absolute Gasteiger partial charge is 0.172 e. The van der Waals surface area contributed by atoms with Crippen molar-refractivity contribution in [3.05, 3.63) is 75.5 Å². The summed E-state index contributed by atoms with van der Waals surface area (Å²) in [4.78, 5) is 0. The first-order valence-corrected chi connectivity index (χ1v) is 12.1. The Labute approximate surface area is 115 Å². The molecule has 0 spiro atoms. The third kappa shape index (κ3) is 23.7. The summed E-state index contributed by atoms with van der Waals surface area (Å²) in [6.45, 7) is 0. The topological polar surface area (TPSA) is 0 Å². The van der Waals surface area contributed by atoms with Gasteiger partial charge < -0.3 is 14.9 Å². The fourth-order valence-corrected chi connectivity index (χ4v) is 0.642. The molecule has 0 aromatic heterocycles. The SMILES string of the molecule is [CH2]=[Zr]([Cl])[Cl].[CH3-].[CH3-].c1cc[cH-]c1.c1cc[cH-]c1. The minimum absolute atomic E-state index is 0. The molecule has 0 saturated heterocycles. The van der Waals surface area contributed by atoms with E-state index in [9.17, 15) is 0 Å². The molecule has 2 rings (SSSR count). The van der Waals surface area contributed by atoms with Gasteiger partial charge in [-0.15, -0.1) is 0 Å². The summed E-state index contributed by atoms with van der Waals surface area (Å²) >= 11 is -1.85. The van der Waals surface area contributed by atoms with Crippen LogP contribution in [-0.4, -0.2) is 4.21 Å². The maximum Gasteiger partial charge on any atom is -0.172 e. The summed E-state index contributed by atoms with van der Waals surface area (Å²) in [7, 11) is 10.3. The van der Waals surface area contributed by atoms with Crippen LogP contribution in [0.1, 0.15) is 0 Å². The standard InChI is InChI=1S/2C5H5.2CH3.CH2.2ClH.Zr/c2*1-2-4-5-3-1;;;;;;/h2*1-5H;2*1H3;1H2;2*1H;/q4*-1;;;;+2/p-2. The zero-order valence-corrected chi connectivity index (χ0v) is 13.7. The van der Waals surface area contributed by atoms with Gasteiger partial charge in [0, 0.05) is 0 Å². The molecule has 0 unspecified atom stereocenters. The molecule has 0 nitrogen and oxygen atoms in total. The largest absolute Gasteiger partial charge is 0.358 e. The Balaban J connectivity index is -0.000000151. The first-order chi connectivity index (χ1) is 6.73. The van der Waals surface area contributed by atoms with Gasteiger partial charge in [-0.2, -0.15) is 36.4 Å². The van der Waals surface area contributed by atoms with Crippen molar-refractivity contribution in [2.24, 2.45) is 0 Å². The van der Waals surface area contributed by atoms with Crippen LogP contribution in [0.3, 0.4) is 0 Å². The normalized spacial score (nSPS) is 6.62. The second-order valence-electron chi connectivity index (χ2n) is 2.26. The molecule has 0 heterocycles. The summed E-state index contributed by atoms with van der Waals surface area (Å²) in [6.07, 6.45) is 0. The summed E-state index contributed by atoms with van der Waals surface area (Å²) in [5, 5.41) is 0. The molecule has 0 aliphatic rings. The Morgan fingerprint density at radius 1 is 0.750 bits per heavy atom. The van der Waals surface area contributed by atoms with E-state index in [0.717, 1.165) is 0 Å². The zero-order chi connectivity index (χ0) is 10.6. The second-order valence-corrected chi connectivity index (χ2v) is 10.5. The van der Waals surface area contributed by atoms with E-state index in [2.05, 4.69) is 4.21 Å². The van der Waals surface area contributed by atoms with E-state index in [-0.39, 0.29) is 14.9 Å². The van der Waals surface area contributed by atoms with Gasteiger partial charge in [0.25, 0.3) is 0 Å². The van der Waals surface area contributed by atoms with Gasteiger partial charge in [0.2, 0.25) is 0 Å². The van der Waals surface area contributed by atoms with E-state index in [1.807, 2.05) is 60.7 Å². The molecular formula is C13H18Cl2Zr-4. The van der Waals surface area contributed by atoms with Crippen LogP contribution >= 0.6 is 17.0 Å². The van der Waals surface area contributed by atoms with Crippen LogP contribution < -0.4 is 0 Å². The van der Waals surface area contributed by atoms with Crippen molar-refractivity contribution in [3.63, 3.8) is 0 Å². The maximum absolute atomic E-state index is 5.13. The van der Waals surface area contributed by atoms with E-state index >= 15 is 0 Å². The molecule has 3 heteroatoms. The third-order valence-electron chi connectivity index (χ3n) is 1.11. The average molecular weight is 336 g/mol. The van der Waals surface area contributed by atoms with Gasteiger partial charge in [-0.3, -0.25) is 0 Å². The third-order valence-corrected chi connectivity index (χ3v) is 1.11. The maximum atomic E-state index is 5.13. The number of hydrogen-bond acceptors (Lipinski definition) is 0. The zero-order valence-electron chi connectivity index (χ0n) is 9.74. The molecule has 0 radical (unpaired) electrons. The molecule has 0 fully saturated rings. The minimum Gasteiger partial charge on any atom is -0.358 e. The molecule has 0 atom stereocenters. The van der Waals surface area contributed by atoms with E-state index in [1.54, 1.807) is 0 Å². The van der Waals surface area contributed by atoms with Crippen LogP contribution in [0, 0.1) is 14.9 Å². The second kappa shape index (κ2) is 17.4. The van der Waals surface area contributed by atoms with Gasteiger partial charge in [-0.05, 0) is 0 Å². The molecule has 2 aromatic rings. The summed E-state index contributed by atoms with van der Waals surface area (Å²) in [6, 6.07) is 20.0. The van der Waals surface area contributed by atoms with Gasteiger partial charge in [-0.1, -0.05) is 0 Å². The molecule has 0 saturated carbocycles. The molecule has 0 N–H and O–H groups in total. The van der Waals surface area contributed by atoms with Gasteiger partial charge in [-0.25, -0.2) is 24.3 Å². The van der Waals surface area contributed by atoms with Crippen LogP contribution in [0.5, 0.6) is 0 Å². The average Bonchev–Trinajstić information content (AvgIpc) is 2.83. The Morgan fingerprint density at radius 2 is 0.938 bits per heavy atom. The molecule has 16 heavy (non-hydrogen) atoms. The summed E-state index contributed by atoms with van der Waals surface area (Å²) < 4.78 is 3.37. The molecule has 0 amide bonds. The monoisotopic (exact) mass is 334 g/mol. The van der Waals surface area contributed by atoms with Crippen LogP contribution in [0.15, 0.2) is 60.7 Å². The molecule has 0 aliphatic heterocycles. The molecule has 2 aromatic carbocycles. The minimum atomic E-state index is -1.85. The molecular weight excluding hydrogens is 318 g/mol. The molecule has 92 valence electrons. The van der Waals surface area contributed by atoms with Gasteiger partial charge >= 0.3 is 40.1 Å². The van der Waals surface area contributed by atoms with Crippen molar-refractivity contribution in [3.8, 4) is 0 Å². The van der Waals surface area contributed by atoms with Crippen LogP contribution in [-0.2, 0) is 18.9 Å². The number of rotatable bonds is 0. The van der Waals surface area contributed by atoms with E-state index < -0.39 is 18.9 Å². The fourth-order valence-electron chi connectivity index (χ4n) is 0.642. The molecule has 0 aliphatic carbocycles. The van der Waals surface area contributed by atoms with Crippen molar-refractivity contribution in [1.29, 1.82) is 0 Å². The Bertz CT molecular complexity index is 221. The predicted octanol–water partition coefficient (Wildman–Crippen LogP) is 5.06. The van der Waals surface area contributed by atoms with Gasteiger partial charge in [0.15, 0.2) is 0 Å². The van der Waals surface area contributed by atoms with Crippen molar-refractivity contribution < 1.29 is 18.9 Å². The summed E-state index contributed by atoms with van der Waals surface area (Å²) in [5.74, 6) is 0. The van der Waals surface area contributed by atoms with Gasteiger partial charge in [0.1, 0.15) is 0 Å². The van der Waals surface area contributed by atoms with Crippen molar-refractivity contribution in [2.75, 3.05) is 0 Å². The van der Waals surface area contributed by atoms with Crippen molar-refractivity contribution >= 4 is 21.2 Å². The van der Waals surface area contributed by atoms with Crippen LogP contribution in [0.2, 0.25) is 0 Å². The first-order valence-electron chi connectivity index (χ1n) is 4.06. The van der Waals surface area contributed by atoms with Crippen LogP contribution in [0.25, 0.3) is 0 Å². The number of halogens is 2. The van der Waals surface area contributed by atoms with E-state index in [0.29, 0.717) is 0 Å².